The lowest BCUT2D eigenvalue weighted by molar-refractivity contribution is 0.426. The molecule has 2 aromatic rings. The van der Waals surface area contributed by atoms with Gasteiger partial charge in [0, 0.05) is 22.6 Å². The van der Waals surface area contributed by atoms with Gasteiger partial charge in [0.2, 0.25) is 3.83 Å². The Kier molecular flexibility index (Phi) is 2.47. The van der Waals surface area contributed by atoms with Crippen LogP contribution in [0.5, 0.6) is 0 Å². The molecular formula is C6H2BrIN2OS. The predicted molar refractivity (Wildman–Crippen MR) is 58.0 cm³/mol. The van der Waals surface area contributed by atoms with Crippen LogP contribution in [0.15, 0.2) is 19.8 Å². The zero-order valence-corrected chi connectivity index (χ0v) is 10.2. The fourth-order valence-electron chi connectivity index (χ4n) is 0.761. The van der Waals surface area contributed by atoms with Crippen molar-refractivity contribution in [3.05, 3.63) is 19.1 Å². The number of nitrogens with zero attached hydrogens (tertiary/aromatic N) is 2. The van der Waals surface area contributed by atoms with Crippen LogP contribution in [-0.2, 0) is 0 Å². The van der Waals surface area contributed by atoms with E-state index >= 15 is 0 Å². The van der Waals surface area contributed by atoms with E-state index in [1.165, 1.54) is 0 Å². The number of thiophene rings is 1. The van der Waals surface area contributed by atoms with E-state index < -0.39 is 0 Å². The Morgan fingerprint density at radius 1 is 1.58 bits per heavy atom. The first-order valence-corrected chi connectivity index (χ1v) is 5.75. The summed E-state index contributed by atoms with van der Waals surface area (Å²) in [5, 5.41) is 5.67. The molecule has 6 heteroatoms. The first kappa shape index (κ1) is 8.64. The molecule has 0 aliphatic heterocycles. The Hall–Kier alpha value is 0.0500. The second-order valence-corrected chi connectivity index (χ2v) is 5.18. The first-order chi connectivity index (χ1) is 5.77. The minimum Gasteiger partial charge on any atom is -0.333 e. The number of hydrogen-bond donors (Lipinski definition) is 0. The molecule has 0 radical (unpaired) electrons. The highest BCUT2D eigenvalue weighted by Crippen LogP contribution is 2.31. The van der Waals surface area contributed by atoms with Crippen LogP contribution in [0, 0.1) is 3.83 Å². The van der Waals surface area contributed by atoms with Crippen molar-refractivity contribution in [1.82, 2.24) is 10.1 Å². The van der Waals surface area contributed by atoms with Gasteiger partial charge >= 0.3 is 0 Å². The lowest BCUT2D eigenvalue weighted by Crippen LogP contribution is -1.73. The van der Waals surface area contributed by atoms with Crippen molar-refractivity contribution in [3.8, 4) is 11.5 Å². The molecule has 0 N–H and O–H groups in total. The fourth-order valence-corrected chi connectivity index (χ4v) is 2.31. The smallest absolute Gasteiger partial charge is 0.260 e. The van der Waals surface area contributed by atoms with Gasteiger partial charge in [0.25, 0.3) is 5.89 Å². The average molecular weight is 357 g/mol. The Bertz CT molecular complexity index is 400. The van der Waals surface area contributed by atoms with Crippen LogP contribution in [0.25, 0.3) is 11.5 Å². The van der Waals surface area contributed by atoms with Crippen molar-refractivity contribution < 1.29 is 4.52 Å². The Morgan fingerprint density at radius 2 is 2.42 bits per heavy atom. The zero-order valence-electron chi connectivity index (χ0n) is 5.62. The number of rotatable bonds is 1. The van der Waals surface area contributed by atoms with Gasteiger partial charge in [0.05, 0.1) is 9.35 Å². The van der Waals surface area contributed by atoms with Crippen LogP contribution < -0.4 is 0 Å². The lowest BCUT2D eigenvalue weighted by Gasteiger charge is -1.86. The molecule has 0 spiro atoms. The van der Waals surface area contributed by atoms with Crippen molar-refractivity contribution >= 4 is 49.9 Å². The van der Waals surface area contributed by atoms with E-state index in [1.54, 1.807) is 11.3 Å². The minimum atomic E-state index is 0.563. The second kappa shape index (κ2) is 3.43. The van der Waals surface area contributed by atoms with E-state index in [-0.39, 0.29) is 0 Å². The van der Waals surface area contributed by atoms with Crippen LogP contribution >= 0.6 is 49.9 Å². The van der Waals surface area contributed by atoms with Crippen molar-refractivity contribution in [1.29, 1.82) is 0 Å². The molecule has 0 fully saturated rings. The lowest BCUT2D eigenvalue weighted by atomic mass is 10.3. The van der Waals surface area contributed by atoms with Gasteiger partial charge in [0.1, 0.15) is 0 Å². The maximum atomic E-state index is 5.00. The van der Waals surface area contributed by atoms with Gasteiger partial charge in [-0.1, -0.05) is 5.16 Å². The highest BCUT2D eigenvalue weighted by Gasteiger charge is 2.10. The normalized spacial score (nSPS) is 10.5. The topological polar surface area (TPSA) is 38.9 Å². The molecule has 62 valence electrons. The van der Waals surface area contributed by atoms with E-state index in [4.69, 9.17) is 4.52 Å². The summed E-state index contributed by atoms with van der Waals surface area (Å²) in [6, 6.07) is 1.94. The molecule has 0 unspecified atom stereocenters. The summed E-state index contributed by atoms with van der Waals surface area (Å²) in [7, 11) is 0. The summed E-state index contributed by atoms with van der Waals surface area (Å²) in [5.41, 5.74) is 0.954. The van der Waals surface area contributed by atoms with E-state index in [0.717, 1.165) is 9.35 Å². The maximum Gasteiger partial charge on any atom is 0.260 e. The van der Waals surface area contributed by atoms with Crippen molar-refractivity contribution in [2.24, 2.45) is 0 Å². The van der Waals surface area contributed by atoms with Crippen LogP contribution in [0.3, 0.4) is 0 Å². The average Bonchev–Trinajstić information content (AvgIpc) is 2.58. The highest BCUT2D eigenvalue weighted by atomic mass is 127. The Morgan fingerprint density at radius 3 is 2.92 bits per heavy atom. The van der Waals surface area contributed by atoms with Gasteiger partial charge in [-0.05, 0) is 27.4 Å². The van der Waals surface area contributed by atoms with E-state index in [0.29, 0.717) is 9.72 Å². The van der Waals surface area contributed by atoms with E-state index in [9.17, 15) is 0 Å². The van der Waals surface area contributed by atoms with Gasteiger partial charge in [-0.2, -0.15) is 4.98 Å². The first-order valence-electron chi connectivity index (χ1n) is 3.00. The van der Waals surface area contributed by atoms with Crippen LogP contribution in [0.2, 0.25) is 0 Å². The molecule has 0 saturated heterocycles. The molecule has 0 saturated carbocycles. The zero-order chi connectivity index (χ0) is 8.55. The molecule has 2 rings (SSSR count). The maximum absolute atomic E-state index is 5.00. The number of hydrogen-bond acceptors (Lipinski definition) is 4. The van der Waals surface area contributed by atoms with Gasteiger partial charge < -0.3 is 4.52 Å². The van der Waals surface area contributed by atoms with Gasteiger partial charge in [-0.25, -0.2) is 0 Å². The molecule has 12 heavy (non-hydrogen) atoms. The number of halogens is 2. The van der Waals surface area contributed by atoms with Gasteiger partial charge in [-0.15, -0.1) is 11.3 Å². The minimum absolute atomic E-state index is 0.563. The highest BCUT2D eigenvalue weighted by molar-refractivity contribution is 14.1. The molecule has 0 atom stereocenters. The monoisotopic (exact) mass is 356 g/mol. The third-order valence-electron chi connectivity index (χ3n) is 1.25. The fraction of sp³-hybridized carbons (Fsp3) is 0. The van der Waals surface area contributed by atoms with E-state index in [1.807, 2.05) is 34.0 Å². The molecule has 0 aliphatic carbocycles. The van der Waals surface area contributed by atoms with Crippen LogP contribution in [0.4, 0.5) is 0 Å². The third-order valence-corrected chi connectivity index (χ3v) is 3.37. The summed E-state index contributed by atoms with van der Waals surface area (Å²) < 4.78 is 6.64. The predicted octanol–water partition coefficient (Wildman–Crippen LogP) is 3.17. The van der Waals surface area contributed by atoms with Crippen molar-refractivity contribution in [2.75, 3.05) is 0 Å². The second-order valence-electron chi connectivity index (χ2n) is 1.98. The molecule has 0 bridgehead atoms. The SMILES string of the molecule is Brc1sccc1-c1nc(I)no1. The van der Waals surface area contributed by atoms with Gasteiger partial charge in [0.15, 0.2) is 0 Å². The quantitative estimate of drug-likeness (QED) is 0.737. The molecule has 2 aromatic heterocycles. The summed E-state index contributed by atoms with van der Waals surface area (Å²) in [5.74, 6) is 0.563. The summed E-state index contributed by atoms with van der Waals surface area (Å²) in [4.78, 5) is 4.10. The Balaban J connectivity index is 2.50. The summed E-state index contributed by atoms with van der Waals surface area (Å²) >= 11 is 7.00. The molecule has 0 aliphatic rings. The molecule has 3 nitrogen and oxygen atoms in total. The standard InChI is InChI=1S/C6H2BrIN2OS/c7-4-3(1-2-12-4)5-9-6(8)10-11-5/h1-2H. The molecular weight excluding hydrogens is 355 g/mol. The molecule has 0 amide bonds. The molecule has 2 heterocycles. The summed E-state index contributed by atoms with van der Waals surface area (Å²) in [6.07, 6.45) is 0. The van der Waals surface area contributed by atoms with Gasteiger partial charge in [-0.3, -0.25) is 0 Å². The number of aromatic nitrogens is 2. The van der Waals surface area contributed by atoms with Crippen molar-refractivity contribution in [3.63, 3.8) is 0 Å². The van der Waals surface area contributed by atoms with E-state index in [2.05, 4.69) is 26.1 Å². The largest absolute Gasteiger partial charge is 0.333 e. The van der Waals surface area contributed by atoms with Crippen molar-refractivity contribution in [2.45, 2.75) is 0 Å². The third kappa shape index (κ3) is 1.55. The van der Waals surface area contributed by atoms with Crippen LogP contribution in [-0.4, -0.2) is 10.1 Å². The Labute approximate surface area is 94.4 Å². The summed E-state index contributed by atoms with van der Waals surface area (Å²) in [6.45, 7) is 0. The van der Waals surface area contributed by atoms with Crippen LogP contribution in [0.1, 0.15) is 0 Å². The molecule has 0 aromatic carbocycles.